The fourth-order valence-electron chi connectivity index (χ4n) is 22.0. The smallest absolute Gasteiger partial charge is 0.317 e. The van der Waals surface area contributed by atoms with Crippen LogP contribution in [-0.4, -0.2) is 92.5 Å². The topological polar surface area (TPSA) is 184 Å². The number of nitrogens with one attached hydrogen (secondary N) is 1. The van der Waals surface area contributed by atoms with Gasteiger partial charge in [-0.05, 0) is 236 Å². The quantitative estimate of drug-likeness (QED) is 0.0557. The van der Waals surface area contributed by atoms with Crippen molar-refractivity contribution in [2.75, 3.05) is 26.0 Å². The van der Waals surface area contributed by atoms with Crippen molar-refractivity contribution in [3.05, 3.63) is 196 Å². The van der Waals surface area contributed by atoms with Gasteiger partial charge in [0, 0.05) is 66.4 Å². The molecule has 0 aromatic heterocycles. The lowest BCUT2D eigenvalue weighted by Gasteiger charge is -2.66. The molecule has 3 aliphatic heterocycles. The number of aliphatic hydroxyl groups is 2. The maximum Gasteiger partial charge on any atom is 0.317 e. The second-order valence-electron chi connectivity index (χ2n) is 30.2. The molecule has 0 amide bonds. The molecule has 18 rings (SSSR count). The predicted octanol–water partition coefficient (Wildman–Crippen LogP) is 15.1. The summed E-state index contributed by atoms with van der Waals surface area (Å²) in [6.07, 6.45) is 2.30. The van der Waals surface area contributed by atoms with Crippen LogP contribution >= 0.6 is 43.2 Å². The van der Waals surface area contributed by atoms with Gasteiger partial charge in [0.2, 0.25) is 0 Å². The van der Waals surface area contributed by atoms with E-state index < -0.39 is 70.1 Å². The number of ether oxygens (including phenoxy) is 4. The highest BCUT2D eigenvalue weighted by Crippen LogP contribution is 2.72. The largest absolute Gasteiger partial charge is 0.508 e. The van der Waals surface area contributed by atoms with E-state index in [1.54, 1.807) is 24.0 Å². The van der Waals surface area contributed by atoms with Crippen molar-refractivity contribution in [2.45, 2.75) is 129 Å². The fourth-order valence-corrected chi connectivity index (χ4v) is 27.5. The van der Waals surface area contributed by atoms with Crippen LogP contribution in [0.5, 0.6) is 28.7 Å². The average molecular weight is 1400 g/mol. The van der Waals surface area contributed by atoms with Crippen molar-refractivity contribution < 1.29 is 54.1 Å². The first-order valence-corrected chi connectivity index (χ1v) is 40.3. The van der Waals surface area contributed by atoms with Crippen LogP contribution in [0, 0.1) is 71.0 Å². The highest BCUT2D eigenvalue weighted by molar-refractivity contribution is 8.77. The molecule has 8 aromatic rings. The summed E-state index contributed by atoms with van der Waals surface area (Å²) in [5, 5.41) is 69.4. The number of carbonyl (C=O) groups excluding carboxylic acids is 2. The van der Waals surface area contributed by atoms with E-state index in [9.17, 15) is 30.3 Å². The van der Waals surface area contributed by atoms with Gasteiger partial charge in [0.15, 0.2) is 23.0 Å². The number of hydrogen-bond donors (Lipinski definition) is 6. The Morgan fingerprint density at radius 1 is 0.697 bits per heavy atom. The fraction of sp³-hybridized carbons (Fsp3) is 0.422. The molecule has 6 N–H and O–H groups in total. The van der Waals surface area contributed by atoms with Gasteiger partial charge in [-0.3, -0.25) is 9.59 Å². The van der Waals surface area contributed by atoms with Crippen LogP contribution in [-0.2, 0) is 61.5 Å². The molecule has 0 radical (unpaired) electrons. The van der Waals surface area contributed by atoms with Gasteiger partial charge in [0.1, 0.15) is 35.4 Å². The van der Waals surface area contributed by atoms with Crippen LogP contribution in [0.4, 0.5) is 0 Å². The molecule has 0 unspecified atom stereocenters. The summed E-state index contributed by atoms with van der Waals surface area (Å²) in [5.74, 6) is 6.60. The van der Waals surface area contributed by atoms with E-state index in [2.05, 4.69) is 120 Å². The molecule has 7 aliphatic carbocycles. The number of hydrogen-bond acceptors (Lipinski definition) is 16. The lowest BCUT2D eigenvalue weighted by Crippen LogP contribution is -2.69. The summed E-state index contributed by atoms with van der Waals surface area (Å²) in [5.41, 5.74) is 7.88. The number of aromatic hydroxyl groups is 3. The number of methoxy groups -OCH3 is 1. The number of carbonyl (C=O) groups is 2. The molecule has 19 atom stereocenters. The maximum absolute atomic E-state index is 18.2. The number of fused-ring (bicyclic) bond motifs is 11. The van der Waals surface area contributed by atoms with Crippen molar-refractivity contribution in [1.82, 2.24) is 5.32 Å². The van der Waals surface area contributed by atoms with Gasteiger partial charge in [-0.15, -0.1) is 0 Å². The Bertz CT molecular complexity index is 4650. The molecular formula is C83H81NO11S4. The Labute approximate surface area is 593 Å². The molecule has 508 valence electrons. The van der Waals surface area contributed by atoms with E-state index in [-0.39, 0.29) is 95.1 Å². The number of esters is 2. The molecule has 3 heterocycles. The maximum atomic E-state index is 18.2. The molecule has 5 saturated carbocycles. The molecule has 1 spiro atoms. The standard InChI is InChI=1S/C83H81NO11S4/c1-43(85)94-73-34-58-33-64-62-36-75(71(88)28-53(62)26-65-70(87)37-68-63-35-72(89)74(92-2)29-54(63)27-69(73)82(68,80(64)65)55-18-15-46-9-3-4-11-48(46)24-55)93-40-77(90)99-97-42-66-67-21-17-51-30-76-78(66)59-20-14-45(22-47-10-5-6-12-52(47)41-96-98-76)39-84-38-44-8-7-13-49(23-44)61-32-57(86)25-50-16-19-56(31-60(50)61)83(67,79(51)59)81(91)95-58/h3-13,15-16,18-19,23-25,28-29,31-32,35-36,45,51,58-59,64-70,73,76-80,84,86-90H,17,21-22,26-27,30,33-34,37-42H2,1-2H3/t45-,51-,58-,59-,64-,65-,66+,67+,68+,69+,70-,73+,76-,77+,78+,79-,80+,82+,83-/m0/s1. The van der Waals surface area contributed by atoms with E-state index in [0.29, 0.717) is 43.9 Å². The first kappa shape index (κ1) is 64.2. The lowest BCUT2D eigenvalue weighted by molar-refractivity contribution is -0.191. The van der Waals surface area contributed by atoms with E-state index >= 15 is 4.79 Å². The summed E-state index contributed by atoms with van der Waals surface area (Å²) >= 11 is 0. The number of aliphatic hydroxyl groups excluding tert-OH is 2. The monoisotopic (exact) mass is 1400 g/mol. The van der Waals surface area contributed by atoms with Gasteiger partial charge in [-0.1, -0.05) is 152 Å². The average Bonchev–Trinajstić information content (AvgIpc) is 0.703. The highest BCUT2D eigenvalue weighted by Gasteiger charge is 2.72. The van der Waals surface area contributed by atoms with Crippen LogP contribution in [0.15, 0.2) is 146 Å². The van der Waals surface area contributed by atoms with Crippen LogP contribution in [0.3, 0.4) is 0 Å². The Morgan fingerprint density at radius 2 is 1.53 bits per heavy atom. The van der Waals surface area contributed by atoms with Gasteiger partial charge in [-0.25, -0.2) is 0 Å². The van der Waals surface area contributed by atoms with Gasteiger partial charge < -0.3 is 49.8 Å². The zero-order valence-electron chi connectivity index (χ0n) is 55.4. The van der Waals surface area contributed by atoms with E-state index in [1.165, 1.54) is 28.8 Å². The molecule has 10 aliphatic rings. The molecule has 16 heteroatoms. The van der Waals surface area contributed by atoms with Crippen LogP contribution in [0.25, 0.3) is 32.7 Å². The van der Waals surface area contributed by atoms with Crippen molar-refractivity contribution in [2.24, 2.45) is 59.2 Å². The summed E-state index contributed by atoms with van der Waals surface area (Å²) < 4.78 is 27.5. The minimum absolute atomic E-state index is 0.000901. The Morgan fingerprint density at radius 3 is 2.39 bits per heavy atom. The molecule has 16 bridgehead atoms. The SMILES string of the molecule is COc1cc2c(cc1O)[C@H]1C[C@H](O)[C@@H]3Cc4cc(O)c5cc4[C@@H]4C[C@@H](C[C@@H](OC(C)=O)[C@@H](C2)[C@]1(c1ccc2ccccc2c1)[C@@H]34)OC(=O)[C@@]12c3ccc4cc(O)cc(c4c3)-c3cccc(c3)CNC[C@H]3C#C[C@H]4[C@@H]6[C@H](CSS[C@@H](O)CO5)[C@H]1CC[C@@H](C[C@@H]6SSCc1ccccc1C3)[C@@H]42. The summed E-state index contributed by atoms with van der Waals surface area (Å²) in [6, 6.07) is 50.2. The number of benzene rings is 8. The Hall–Kier alpha value is -6.94. The van der Waals surface area contributed by atoms with Crippen molar-refractivity contribution >= 4 is 76.7 Å². The minimum atomic E-state index is -1.29. The number of rotatable bonds is 3. The molecule has 0 saturated heterocycles. The Balaban J connectivity index is 0.892. The van der Waals surface area contributed by atoms with Gasteiger partial charge in [0.25, 0.3) is 0 Å². The van der Waals surface area contributed by atoms with Crippen molar-refractivity contribution in [1.29, 1.82) is 0 Å². The molecule has 99 heavy (non-hydrogen) atoms. The molecular weight excluding hydrogens is 1320 g/mol. The third-order valence-electron chi connectivity index (χ3n) is 25.5. The predicted molar refractivity (Wildman–Crippen MR) is 392 cm³/mol. The molecule has 5 fully saturated rings. The van der Waals surface area contributed by atoms with E-state index in [0.717, 1.165) is 103 Å². The van der Waals surface area contributed by atoms with E-state index in [4.69, 9.17) is 18.9 Å². The minimum Gasteiger partial charge on any atom is -0.508 e. The van der Waals surface area contributed by atoms with Crippen molar-refractivity contribution in [3.8, 4) is 51.7 Å². The van der Waals surface area contributed by atoms with Crippen LogP contribution in [0.1, 0.15) is 107 Å². The van der Waals surface area contributed by atoms with Gasteiger partial charge in [0.05, 0.1) is 13.2 Å². The van der Waals surface area contributed by atoms with Crippen LogP contribution in [0.2, 0.25) is 0 Å². The van der Waals surface area contributed by atoms with Gasteiger partial charge >= 0.3 is 11.9 Å². The summed E-state index contributed by atoms with van der Waals surface area (Å²) in [7, 11) is 8.51. The normalized spacial score (nSPS) is 34.0. The first-order valence-electron chi connectivity index (χ1n) is 35.6. The molecule has 8 aromatic carbocycles. The zero-order chi connectivity index (χ0) is 67.2. The lowest BCUT2D eigenvalue weighted by atomic mass is 9.38. The highest BCUT2D eigenvalue weighted by atomic mass is 33.1. The number of phenols is 3. The first-order chi connectivity index (χ1) is 48.2. The second-order valence-corrected chi connectivity index (χ2v) is 35.4. The zero-order valence-corrected chi connectivity index (χ0v) is 58.7. The second kappa shape index (κ2) is 25.2. The van der Waals surface area contributed by atoms with E-state index in [1.807, 2.05) is 58.0 Å². The summed E-state index contributed by atoms with van der Waals surface area (Å²) in [6.45, 7) is 2.64. The van der Waals surface area contributed by atoms with Crippen molar-refractivity contribution in [3.63, 3.8) is 0 Å². The van der Waals surface area contributed by atoms with Crippen LogP contribution < -0.4 is 14.8 Å². The molecule has 12 nitrogen and oxygen atoms in total. The third kappa shape index (κ3) is 10.5. The Kier molecular flexibility index (Phi) is 16.4. The van der Waals surface area contributed by atoms with Gasteiger partial charge in [-0.2, -0.15) is 0 Å². The third-order valence-corrected chi connectivity index (χ3v) is 30.8. The number of phenolic OH excluding ortho intramolecular Hbond substituents is 3. The summed E-state index contributed by atoms with van der Waals surface area (Å²) in [4.78, 5) is 32.6.